The number of nitrogens with one attached hydrogen (secondary N) is 1. The average molecular weight is 275 g/mol. The van der Waals surface area contributed by atoms with Crippen molar-refractivity contribution in [3.63, 3.8) is 0 Å². The summed E-state index contributed by atoms with van der Waals surface area (Å²) in [6.07, 6.45) is 0.912. The Morgan fingerprint density at radius 1 is 1.35 bits per heavy atom. The maximum Gasteiger partial charge on any atom is 0.124 e. The standard InChI is InChI=1S/C15H21N3O2/c16-12-5-11-1-2-13(6-14(11)20-7-12)18-4-3-17-15(8-18)9-19-10-15/h1-2,6,12,17H,3-5,7-10,16H2/t12-/m1/s1. The van der Waals surface area contributed by atoms with E-state index in [1.54, 1.807) is 0 Å². The third kappa shape index (κ3) is 2.06. The smallest absolute Gasteiger partial charge is 0.124 e. The molecule has 2 fully saturated rings. The van der Waals surface area contributed by atoms with Crippen molar-refractivity contribution >= 4 is 5.69 Å². The van der Waals surface area contributed by atoms with Gasteiger partial charge in [-0.15, -0.1) is 0 Å². The van der Waals surface area contributed by atoms with Crippen molar-refractivity contribution in [1.29, 1.82) is 0 Å². The Bertz CT molecular complexity index is 516. The van der Waals surface area contributed by atoms with Crippen LogP contribution in [0.25, 0.3) is 0 Å². The van der Waals surface area contributed by atoms with Crippen LogP contribution in [0.3, 0.4) is 0 Å². The number of nitrogens with two attached hydrogens (primary N) is 1. The molecule has 5 heteroatoms. The van der Waals surface area contributed by atoms with Crippen molar-refractivity contribution in [3.8, 4) is 5.75 Å². The van der Waals surface area contributed by atoms with Crippen molar-refractivity contribution in [2.45, 2.75) is 18.0 Å². The molecule has 20 heavy (non-hydrogen) atoms. The van der Waals surface area contributed by atoms with Crippen LogP contribution < -0.4 is 20.7 Å². The summed E-state index contributed by atoms with van der Waals surface area (Å²) in [6, 6.07) is 6.65. The van der Waals surface area contributed by atoms with Gasteiger partial charge < -0.3 is 25.4 Å². The van der Waals surface area contributed by atoms with Gasteiger partial charge in [0.1, 0.15) is 12.4 Å². The number of ether oxygens (including phenoxy) is 2. The minimum absolute atomic E-state index is 0.128. The fraction of sp³-hybridized carbons (Fsp3) is 0.600. The molecule has 1 aromatic rings. The third-order valence-corrected chi connectivity index (χ3v) is 4.48. The molecule has 4 rings (SSSR count). The molecule has 3 aliphatic heterocycles. The second-order valence-corrected chi connectivity index (χ2v) is 6.19. The molecule has 1 atom stereocenters. The van der Waals surface area contributed by atoms with Gasteiger partial charge in [-0.05, 0) is 18.1 Å². The molecule has 0 bridgehead atoms. The first-order valence-electron chi connectivity index (χ1n) is 7.33. The molecule has 3 aliphatic rings. The number of fused-ring (bicyclic) bond motifs is 1. The van der Waals surface area contributed by atoms with Gasteiger partial charge in [0, 0.05) is 37.4 Å². The average Bonchev–Trinajstić information content (AvgIpc) is 2.45. The molecule has 0 amide bonds. The van der Waals surface area contributed by atoms with Crippen molar-refractivity contribution in [3.05, 3.63) is 23.8 Å². The molecule has 5 nitrogen and oxygen atoms in total. The van der Waals surface area contributed by atoms with Gasteiger partial charge >= 0.3 is 0 Å². The predicted molar refractivity (Wildman–Crippen MR) is 77.4 cm³/mol. The van der Waals surface area contributed by atoms with Crippen LogP contribution in [0.1, 0.15) is 5.56 Å². The van der Waals surface area contributed by atoms with E-state index in [2.05, 4.69) is 28.4 Å². The minimum atomic E-state index is 0.128. The number of benzene rings is 1. The van der Waals surface area contributed by atoms with Gasteiger partial charge in [0.15, 0.2) is 0 Å². The number of rotatable bonds is 1. The molecule has 3 heterocycles. The van der Waals surface area contributed by atoms with E-state index in [0.717, 1.165) is 45.0 Å². The van der Waals surface area contributed by atoms with Crippen LogP contribution in [0, 0.1) is 0 Å². The van der Waals surface area contributed by atoms with Crippen LogP contribution in [0.5, 0.6) is 5.75 Å². The zero-order chi connectivity index (χ0) is 13.6. The molecule has 0 aliphatic carbocycles. The molecule has 1 spiro atoms. The fourth-order valence-electron chi connectivity index (χ4n) is 3.30. The Labute approximate surface area is 119 Å². The number of anilines is 1. The molecule has 0 unspecified atom stereocenters. The summed E-state index contributed by atoms with van der Waals surface area (Å²) in [5.74, 6) is 1.00. The maximum absolute atomic E-state index is 5.93. The van der Waals surface area contributed by atoms with Crippen molar-refractivity contribution in [2.75, 3.05) is 44.4 Å². The zero-order valence-electron chi connectivity index (χ0n) is 11.6. The number of piperazine rings is 1. The minimum Gasteiger partial charge on any atom is -0.492 e. The molecule has 0 radical (unpaired) electrons. The normalized spacial score (nSPS) is 27.6. The van der Waals surface area contributed by atoms with Gasteiger partial charge in [0.25, 0.3) is 0 Å². The van der Waals surface area contributed by atoms with Gasteiger partial charge in [0.05, 0.1) is 18.8 Å². The maximum atomic E-state index is 5.93. The lowest BCUT2D eigenvalue weighted by Crippen LogP contribution is -2.70. The molecule has 0 aromatic heterocycles. The molecule has 2 saturated heterocycles. The summed E-state index contributed by atoms with van der Waals surface area (Å²) in [5, 5.41) is 3.59. The Balaban J connectivity index is 1.56. The Morgan fingerprint density at radius 2 is 2.25 bits per heavy atom. The highest BCUT2D eigenvalue weighted by molar-refractivity contribution is 5.55. The van der Waals surface area contributed by atoms with E-state index in [4.69, 9.17) is 15.2 Å². The molecule has 3 N–H and O–H groups in total. The van der Waals surface area contributed by atoms with E-state index >= 15 is 0 Å². The van der Waals surface area contributed by atoms with E-state index in [1.807, 2.05) is 0 Å². The Morgan fingerprint density at radius 3 is 3.05 bits per heavy atom. The fourth-order valence-corrected chi connectivity index (χ4v) is 3.30. The van der Waals surface area contributed by atoms with E-state index in [-0.39, 0.29) is 11.6 Å². The first-order chi connectivity index (χ1) is 9.74. The summed E-state index contributed by atoms with van der Waals surface area (Å²) in [6.45, 7) is 5.30. The van der Waals surface area contributed by atoms with Gasteiger partial charge in [-0.3, -0.25) is 0 Å². The molecular formula is C15H21N3O2. The van der Waals surface area contributed by atoms with Crippen LogP contribution in [0.15, 0.2) is 18.2 Å². The molecule has 108 valence electrons. The summed E-state index contributed by atoms with van der Waals surface area (Å²) in [7, 11) is 0. The quantitative estimate of drug-likeness (QED) is 0.763. The lowest BCUT2D eigenvalue weighted by Gasteiger charge is -2.49. The second-order valence-electron chi connectivity index (χ2n) is 6.19. The largest absolute Gasteiger partial charge is 0.492 e. The lowest BCUT2D eigenvalue weighted by atomic mass is 9.94. The molecule has 1 aromatic carbocycles. The van der Waals surface area contributed by atoms with E-state index < -0.39 is 0 Å². The van der Waals surface area contributed by atoms with Crippen LogP contribution in [0.2, 0.25) is 0 Å². The number of nitrogens with zero attached hydrogens (tertiary/aromatic N) is 1. The third-order valence-electron chi connectivity index (χ3n) is 4.48. The summed E-state index contributed by atoms with van der Waals surface area (Å²) >= 11 is 0. The van der Waals surface area contributed by atoms with Crippen LogP contribution in [0.4, 0.5) is 5.69 Å². The number of hydrogen-bond donors (Lipinski definition) is 2. The first-order valence-corrected chi connectivity index (χ1v) is 7.33. The summed E-state index contributed by atoms with van der Waals surface area (Å²) in [4.78, 5) is 2.43. The highest BCUT2D eigenvalue weighted by atomic mass is 16.5. The Hall–Kier alpha value is -1.30. The van der Waals surface area contributed by atoms with Crippen LogP contribution in [-0.4, -0.2) is 51.0 Å². The van der Waals surface area contributed by atoms with Gasteiger partial charge in [-0.2, -0.15) is 0 Å². The topological polar surface area (TPSA) is 59.8 Å². The van der Waals surface area contributed by atoms with E-state index in [9.17, 15) is 0 Å². The van der Waals surface area contributed by atoms with Gasteiger partial charge in [0.2, 0.25) is 0 Å². The number of hydrogen-bond acceptors (Lipinski definition) is 5. The molecular weight excluding hydrogens is 254 g/mol. The monoisotopic (exact) mass is 275 g/mol. The van der Waals surface area contributed by atoms with Crippen molar-refractivity contribution in [1.82, 2.24) is 5.32 Å². The molecule has 0 saturated carbocycles. The van der Waals surface area contributed by atoms with E-state index in [1.165, 1.54) is 11.3 Å². The highest BCUT2D eigenvalue weighted by Crippen LogP contribution is 2.31. The van der Waals surface area contributed by atoms with Crippen molar-refractivity contribution in [2.24, 2.45) is 5.73 Å². The Kier molecular flexibility index (Phi) is 2.87. The summed E-state index contributed by atoms with van der Waals surface area (Å²) in [5.41, 5.74) is 8.57. The first kappa shape index (κ1) is 12.4. The highest BCUT2D eigenvalue weighted by Gasteiger charge is 2.42. The predicted octanol–water partition coefficient (Wildman–Crippen LogP) is 0.127. The summed E-state index contributed by atoms with van der Waals surface area (Å²) < 4.78 is 11.1. The SMILES string of the molecule is N[C@H]1COc2cc(N3CCNC4(COC4)C3)ccc2C1. The zero-order valence-corrected chi connectivity index (χ0v) is 11.6. The van der Waals surface area contributed by atoms with Crippen LogP contribution in [-0.2, 0) is 11.2 Å². The van der Waals surface area contributed by atoms with E-state index in [0.29, 0.717) is 6.61 Å². The lowest BCUT2D eigenvalue weighted by molar-refractivity contribution is -0.0742. The van der Waals surface area contributed by atoms with Gasteiger partial charge in [-0.25, -0.2) is 0 Å². The van der Waals surface area contributed by atoms with Gasteiger partial charge in [-0.1, -0.05) is 6.07 Å². The van der Waals surface area contributed by atoms with Crippen molar-refractivity contribution < 1.29 is 9.47 Å². The second kappa shape index (κ2) is 4.62. The van der Waals surface area contributed by atoms with Crippen LogP contribution >= 0.6 is 0 Å².